The second-order valence-corrected chi connectivity index (χ2v) is 9.04. The van der Waals surface area contributed by atoms with Crippen molar-refractivity contribution in [2.45, 2.75) is 19.9 Å². The van der Waals surface area contributed by atoms with E-state index in [0.717, 1.165) is 53.0 Å². The van der Waals surface area contributed by atoms with Crippen LogP contribution in [-0.4, -0.2) is 19.1 Å². The van der Waals surface area contributed by atoms with Crippen molar-refractivity contribution in [1.29, 1.82) is 0 Å². The lowest BCUT2D eigenvalue weighted by atomic mass is 9.88. The standard InChI is InChI=1S/C26H22Cl2FN3O/c1-15-11-18(29)5-6-19(15)20-12-17(16-7-9-30-10-8-16)13-24-21(20)14-31-26(33)32(24)25-22(27)3-2-4-23(25)28/h2-7,11-13,30H,8-10,14H2,1H3,(H,31,33). The quantitative estimate of drug-likeness (QED) is 0.429. The van der Waals surface area contributed by atoms with Crippen molar-refractivity contribution in [3.63, 3.8) is 0 Å². The maximum Gasteiger partial charge on any atom is 0.326 e. The van der Waals surface area contributed by atoms with E-state index in [4.69, 9.17) is 23.2 Å². The molecule has 2 aliphatic rings. The Hall–Kier alpha value is -2.86. The number of halogens is 3. The van der Waals surface area contributed by atoms with Crippen molar-refractivity contribution in [2.75, 3.05) is 18.0 Å². The van der Waals surface area contributed by atoms with E-state index in [2.05, 4.69) is 22.8 Å². The Labute approximate surface area is 202 Å². The summed E-state index contributed by atoms with van der Waals surface area (Å²) in [6.07, 6.45) is 3.04. The van der Waals surface area contributed by atoms with Crippen LogP contribution >= 0.6 is 23.2 Å². The number of nitrogens with one attached hydrogen (secondary N) is 2. The fourth-order valence-corrected chi connectivity index (χ4v) is 5.13. The Balaban J connectivity index is 1.80. The molecule has 0 saturated carbocycles. The molecule has 0 aliphatic carbocycles. The van der Waals surface area contributed by atoms with Crippen molar-refractivity contribution in [3.8, 4) is 11.1 Å². The number of fused-ring (bicyclic) bond motifs is 1. The predicted molar refractivity (Wildman–Crippen MR) is 133 cm³/mol. The highest BCUT2D eigenvalue weighted by atomic mass is 35.5. The average molecular weight is 482 g/mol. The minimum Gasteiger partial charge on any atom is -0.333 e. The van der Waals surface area contributed by atoms with Crippen LogP contribution in [0.4, 0.5) is 20.6 Å². The molecule has 2 heterocycles. The number of hydrogen-bond acceptors (Lipinski definition) is 2. The number of aryl methyl sites for hydroxylation is 1. The maximum absolute atomic E-state index is 13.9. The van der Waals surface area contributed by atoms with Gasteiger partial charge in [-0.05, 0) is 84.1 Å². The van der Waals surface area contributed by atoms with Gasteiger partial charge in [0, 0.05) is 18.7 Å². The van der Waals surface area contributed by atoms with Crippen LogP contribution in [0.3, 0.4) is 0 Å². The molecule has 3 aromatic rings. The van der Waals surface area contributed by atoms with E-state index in [1.165, 1.54) is 17.7 Å². The Bertz CT molecular complexity index is 1280. The van der Waals surface area contributed by atoms with Gasteiger partial charge in [0.25, 0.3) is 0 Å². The molecule has 5 rings (SSSR count). The molecule has 4 nitrogen and oxygen atoms in total. The van der Waals surface area contributed by atoms with Gasteiger partial charge >= 0.3 is 6.03 Å². The number of hydrogen-bond donors (Lipinski definition) is 2. The predicted octanol–water partition coefficient (Wildman–Crippen LogP) is 6.85. The van der Waals surface area contributed by atoms with E-state index < -0.39 is 0 Å². The molecule has 0 fully saturated rings. The monoisotopic (exact) mass is 481 g/mol. The highest BCUT2D eigenvalue weighted by Gasteiger charge is 2.31. The summed E-state index contributed by atoms with van der Waals surface area (Å²) in [6, 6.07) is 13.9. The second kappa shape index (κ2) is 8.82. The van der Waals surface area contributed by atoms with Gasteiger partial charge in [-0.3, -0.25) is 4.90 Å². The van der Waals surface area contributed by atoms with Crippen LogP contribution in [0, 0.1) is 12.7 Å². The summed E-state index contributed by atoms with van der Waals surface area (Å²) in [5.41, 5.74) is 7.02. The van der Waals surface area contributed by atoms with E-state index in [-0.39, 0.29) is 11.8 Å². The maximum atomic E-state index is 13.9. The van der Waals surface area contributed by atoms with Crippen molar-refractivity contribution >= 4 is 46.2 Å². The number of anilines is 2. The fourth-order valence-electron chi connectivity index (χ4n) is 4.56. The first-order chi connectivity index (χ1) is 15.9. The van der Waals surface area contributed by atoms with E-state index in [1.807, 2.05) is 13.0 Å². The number of amides is 2. The third-order valence-electron chi connectivity index (χ3n) is 6.16. The lowest BCUT2D eigenvalue weighted by Crippen LogP contribution is -2.41. The number of rotatable bonds is 3. The van der Waals surface area contributed by atoms with E-state index >= 15 is 0 Å². The van der Waals surface area contributed by atoms with Crippen LogP contribution in [-0.2, 0) is 6.54 Å². The van der Waals surface area contributed by atoms with E-state index in [0.29, 0.717) is 22.3 Å². The second-order valence-electron chi connectivity index (χ2n) is 8.23. The molecule has 168 valence electrons. The summed E-state index contributed by atoms with van der Waals surface area (Å²) in [6.45, 7) is 3.91. The van der Waals surface area contributed by atoms with Gasteiger partial charge in [-0.15, -0.1) is 0 Å². The summed E-state index contributed by atoms with van der Waals surface area (Å²) in [7, 11) is 0. The fraction of sp³-hybridized carbons (Fsp3) is 0.192. The Kier molecular flexibility index (Phi) is 5.87. The molecule has 2 amide bonds. The van der Waals surface area contributed by atoms with Gasteiger partial charge in [0.1, 0.15) is 5.82 Å². The Morgan fingerprint density at radius 2 is 1.82 bits per heavy atom. The van der Waals surface area contributed by atoms with Crippen LogP contribution in [0.15, 0.2) is 54.6 Å². The summed E-state index contributed by atoms with van der Waals surface area (Å²) in [5.74, 6) is -0.278. The van der Waals surface area contributed by atoms with Gasteiger partial charge in [-0.2, -0.15) is 0 Å². The zero-order valence-corrected chi connectivity index (χ0v) is 19.5. The molecule has 2 aliphatic heterocycles. The molecule has 7 heteroatoms. The third-order valence-corrected chi connectivity index (χ3v) is 6.77. The van der Waals surface area contributed by atoms with Crippen molar-refractivity contribution in [3.05, 3.63) is 87.2 Å². The smallest absolute Gasteiger partial charge is 0.326 e. The number of para-hydroxylation sites is 1. The molecule has 0 saturated heterocycles. The number of carbonyl (C=O) groups excluding carboxylic acids is 1. The number of benzene rings is 3. The van der Waals surface area contributed by atoms with Gasteiger partial charge in [0.2, 0.25) is 0 Å². The number of carbonyl (C=O) groups is 1. The lowest BCUT2D eigenvalue weighted by molar-refractivity contribution is 0.247. The first-order valence-corrected chi connectivity index (χ1v) is 11.5. The molecule has 0 unspecified atom stereocenters. The summed E-state index contributed by atoms with van der Waals surface area (Å²) < 4.78 is 13.9. The average Bonchev–Trinajstić information content (AvgIpc) is 2.80. The largest absolute Gasteiger partial charge is 0.333 e. The Morgan fingerprint density at radius 1 is 1.03 bits per heavy atom. The molecule has 0 aromatic heterocycles. The first kappa shape index (κ1) is 22.0. The van der Waals surface area contributed by atoms with Crippen LogP contribution in [0.25, 0.3) is 16.7 Å². The molecule has 0 bridgehead atoms. The Morgan fingerprint density at radius 3 is 2.52 bits per heavy atom. The highest BCUT2D eigenvalue weighted by Crippen LogP contribution is 2.45. The normalized spacial score (nSPS) is 15.7. The van der Waals surface area contributed by atoms with Gasteiger partial charge in [-0.1, -0.05) is 41.4 Å². The number of nitrogens with zero attached hydrogens (tertiary/aromatic N) is 1. The van der Waals surface area contributed by atoms with Gasteiger partial charge in [-0.25, -0.2) is 9.18 Å². The first-order valence-electron chi connectivity index (χ1n) is 10.8. The SMILES string of the molecule is Cc1cc(F)ccc1-c1cc(C2=CCNCC2)cc2c1CNC(=O)N2c1c(Cl)cccc1Cl. The summed E-state index contributed by atoms with van der Waals surface area (Å²) >= 11 is 13.0. The van der Waals surface area contributed by atoms with E-state index in [9.17, 15) is 9.18 Å². The van der Waals surface area contributed by atoms with E-state index in [1.54, 1.807) is 29.2 Å². The lowest BCUT2D eigenvalue weighted by Gasteiger charge is -2.33. The zero-order valence-electron chi connectivity index (χ0n) is 18.0. The van der Waals surface area contributed by atoms with Crippen LogP contribution in [0.5, 0.6) is 0 Å². The van der Waals surface area contributed by atoms with Gasteiger partial charge in [0.05, 0.1) is 21.4 Å². The van der Waals surface area contributed by atoms with Crippen molar-refractivity contribution in [1.82, 2.24) is 10.6 Å². The van der Waals surface area contributed by atoms with Crippen molar-refractivity contribution in [2.24, 2.45) is 0 Å². The molecule has 3 aromatic carbocycles. The van der Waals surface area contributed by atoms with Crippen LogP contribution < -0.4 is 15.5 Å². The van der Waals surface area contributed by atoms with Crippen LogP contribution in [0.2, 0.25) is 10.0 Å². The molecule has 0 radical (unpaired) electrons. The molecule has 0 atom stereocenters. The summed E-state index contributed by atoms with van der Waals surface area (Å²) in [5, 5.41) is 7.06. The molecular formula is C26H22Cl2FN3O. The minimum atomic E-state index is -0.296. The minimum absolute atomic E-state index is 0.278. The zero-order chi connectivity index (χ0) is 23.1. The van der Waals surface area contributed by atoms with Crippen LogP contribution in [0.1, 0.15) is 23.1 Å². The van der Waals surface area contributed by atoms with Gasteiger partial charge in [0.15, 0.2) is 0 Å². The molecule has 33 heavy (non-hydrogen) atoms. The third kappa shape index (κ3) is 4.01. The van der Waals surface area contributed by atoms with Crippen molar-refractivity contribution < 1.29 is 9.18 Å². The molecule has 2 N–H and O–H groups in total. The number of urea groups is 1. The highest BCUT2D eigenvalue weighted by molar-refractivity contribution is 6.40. The topological polar surface area (TPSA) is 44.4 Å². The molecular weight excluding hydrogens is 460 g/mol. The van der Waals surface area contributed by atoms with Gasteiger partial charge < -0.3 is 10.6 Å². The molecule has 0 spiro atoms. The summed E-state index contributed by atoms with van der Waals surface area (Å²) in [4.78, 5) is 14.7.